The van der Waals surface area contributed by atoms with Gasteiger partial charge in [0, 0.05) is 0 Å². The summed E-state index contributed by atoms with van der Waals surface area (Å²) in [7, 11) is 0. The molecule has 0 saturated heterocycles. The lowest BCUT2D eigenvalue weighted by atomic mass is 9.96. The van der Waals surface area contributed by atoms with Gasteiger partial charge in [0.2, 0.25) is 0 Å². The minimum Gasteiger partial charge on any atom is -0.459 e. The fraction of sp³-hybridized carbons (Fsp3) is 0.833. The van der Waals surface area contributed by atoms with Crippen LogP contribution in [0.15, 0.2) is 0 Å². The van der Waals surface area contributed by atoms with Gasteiger partial charge in [0.05, 0.1) is 0 Å². The van der Waals surface area contributed by atoms with E-state index >= 15 is 0 Å². The molecule has 1 aliphatic rings. The maximum atomic E-state index is 10.8. The van der Waals surface area contributed by atoms with Crippen molar-refractivity contribution >= 4 is 40.8 Å². The Hall–Kier alpha value is 0.340. The molecule has 1 saturated carbocycles. The molecule has 2 nitrogen and oxygen atoms in total. The maximum absolute atomic E-state index is 10.8. The standard InChI is InChI=1S/C6H7Cl3O2/c7-6(8,9)5(10)11-4-2-1-3-4/h4H,1-3H2. The van der Waals surface area contributed by atoms with Gasteiger partial charge in [-0.3, -0.25) is 0 Å². The minimum absolute atomic E-state index is 0.0295. The van der Waals surface area contributed by atoms with E-state index in [1.807, 2.05) is 0 Å². The highest BCUT2D eigenvalue weighted by Gasteiger charge is 2.35. The van der Waals surface area contributed by atoms with Crippen molar-refractivity contribution in [3.8, 4) is 0 Å². The Kier molecular flexibility index (Phi) is 2.90. The zero-order valence-corrected chi connectivity index (χ0v) is 7.92. The van der Waals surface area contributed by atoms with Gasteiger partial charge in [-0.2, -0.15) is 0 Å². The van der Waals surface area contributed by atoms with Crippen molar-refractivity contribution < 1.29 is 9.53 Å². The quantitative estimate of drug-likeness (QED) is 0.498. The molecule has 5 heteroatoms. The normalized spacial score (nSPS) is 19.2. The SMILES string of the molecule is O=C(OC1CCC1)C(Cl)(Cl)Cl. The molecular weight excluding hydrogens is 210 g/mol. The van der Waals surface area contributed by atoms with Crippen LogP contribution in [0.1, 0.15) is 19.3 Å². The van der Waals surface area contributed by atoms with Crippen LogP contribution < -0.4 is 0 Å². The molecule has 1 aliphatic carbocycles. The van der Waals surface area contributed by atoms with Crippen LogP contribution in [0.2, 0.25) is 0 Å². The molecule has 64 valence electrons. The lowest BCUT2D eigenvalue weighted by molar-refractivity contribution is -0.151. The number of esters is 1. The molecule has 0 radical (unpaired) electrons. The molecule has 0 atom stereocenters. The van der Waals surface area contributed by atoms with Crippen LogP contribution in [0.3, 0.4) is 0 Å². The van der Waals surface area contributed by atoms with E-state index in [-0.39, 0.29) is 6.10 Å². The van der Waals surface area contributed by atoms with Gasteiger partial charge in [-0.25, -0.2) is 4.79 Å². The summed E-state index contributed by atoms with van der Waals surface area (Å²) in [4.78, 5) is 10.8. The van der Waals surface area contributed by atoms with Gasteiger partial charge in [0.25, 0.3) is 3.79 Å². The molecule has 11 heavy (non-hydrogen) atoms. The van der Waals surface area contributed by atoms with E-state index in [0.29, 0.717) is 0 Å². The van der Waals surface area contributed by atoms with E-state index in [4.69, 9.17) is 39.5 Å². The summed E-state index contributed by atoms with van der Waals surface area (Å²) in [5.41, 5.74) is 0. The predicted molar refractivity (Wildman–Crippen MR) is 44.0 cm³/mol. The number of carbonyl (C=O) groups excluding carboxylic acids is 1. The summed E-state index contributed by atoms with van der Waals surface area (Å²) in [5.74, 6) is -0.771. The Balaban J connectivity index is 2.30. The van der Waals surface area contributed by atoms with E-state index in [1.165, 1.54) is 0 Å². The summed E-state index contributed by atoms with van der Waals surface area (Å²) in [6, 6.07) is 0. The Morgan fingerprint density at radius 3 is 2.18 bits per heavy atom. The second-order valence-corrected chi connectivity index (χ2v) is 4.74. The van der Waals surface area contributed by atoms with Crippen LogP contribution in [0.25, 0.3) is 0 Å². The number of alkyl halides is 3. The summed E-state index contributed by atoms with van der Waals surface area (Å²) in [6.45, 7) is 0. The first-order valence-corrected chi connectivity index (χ1v) is 4.41. The molecular formula is C6H7Cl3O2. The molecule has 1 rings (SSSR count). The van der Waals surface area contributed by atoms with E-state index in [0.717, 1.165) is 19.3 Å². The van der Waals surface area contributed by atoms with Crippen molar-refractivity contribution in [2.75, 3.05) is 0 Å². The molecule has 0 unspecified atom stereocenters. The Bertz CT molecular complexity index is 160. The molecule has 1 fully saturated rings. The highest BCUT2D eigenvalue weighted by molar-refractivity contribution is 6.75. The van der Waals surface area contributed by atoms with Gasteiger partial charge in [-0.1, -0.05) is 34.8 Å². The largest absolute Gasteiger partial charge is 0.459 e. The first-order valence-electron chi connectivity index (χ1n) is 3.28. The molecule has 0 aromatic carbocycles. The molecule has 0 spiro atoms. The molecule has 0 N–H and O–H groups in total. The smallest absolute Gasteiger partial charge is 0.358 e. The lowest BCUT2D eigenvalue weighted by Crippen LogP contribution is -2.31. The van der Waals surface area contributed by atoms with Crippen molar-refractivity contribution in [2.45, 2.75) is 29.2 Å². The topological polar surface area (TPSA) is 26.3 Å². The van der Waals surface area contributed by atoms with E-state index in [2.05, 4.69) is 0 Å². The second kappa shape index (κ2) is 3.38. The first-order chi connectivity index (χ1) is 5.00. The molecule has 0 aromatic rings. The Labute approximate surface area is 79.7 Å². The summed E-state index contributed by atoms with van der Waals surface area (Å²) < 4.78 is 2.89. The first kappa shape index (κ1) is 9.43. The zero-order valence-electron chi connectivity index (χ0n) is 5.65. The van der Waals surface area contributed by atoms with E-state index in [9.17, 15) is 4.79 Å². The number of rotatable bonds is 1. The summed E-state index contributed by atoms with van der Waals surface area (Å²) >= 11 is 15.8. The molecule has 0 aromatic heterocycles. The maximum Gasteiger partial charge on any atom is 0.358 e. The zero-order chi connectivity index (χ0) is 8.48. The third-order valence-electron chi connectivity index (χ3n) is 1.56. The van der Waals surface area contributed by atoms with Crippen LogP contribution in [-0.2, 0) is 9.53 Å². The average molecular weight is 217 g/mol. The number of hydrogen-bond acceptors (Lipinski definition) is 2. The van der Waals surface area contributed by atoms with Crippen LogP contribution >= 0.6 is 34.8 Å². The van der Waals surface area contributed by atoms with Crippen LogP contribution in [0, 0.1) is 0 Å². The number of carbonyl (C=O) groups is 1. The number of halogens is 3. The highest BCUT2D eigenvalue weighted by Crippen LogP contribution is 2.31. The predicted octanol–water partition coefficient (Wildman–Crippen LogP) is 2.45. The molecule has 0 heterocycles. The fourth-order valence-corrected chi connectivity index (χ4v) is 0.840. The second-order valence-electron chi connectivity index (χ2n) is 2.46. The summed E-state index contributed by atoms with van der Waals surface area (Å²) in [6.07, 6.45) is 2.81. The number of hydrogen-bond donors (Lipinski definition) is 0. The Morgan fingerprint density at radius 2 is 1.91 bits per heavy atom. The Morgan fingerprint density at radius 1 is 1.36 bits per heavy atom. The van der Waals surface area contributed by atoms with Crippen molar-refractivity contribution in [1.82, 2.24) is 0 Å². The minimum atomic E-state index is -1.92. The molecule has 0 aliphatic heterocycles. The third-order valence-corrected chi connectivity index (χ3v) is 2.02. The van der Waals surface area contributed by atoms with Crippen molar-refractivity contribution in [3.63, 3.8) is 0 Å². The van der Waals surface area contributed by atoms with E-state index < -0.39 is 9.76 Å². The lowest BCUT2D eigenvalue weighted by Gasteiger charge is -2.26. The van der Waals surface area contributed by atoms with E-state index in [1.54, 1.807) is 0 Å². The highest BCUT2D eigenvalue weighted by atomic mass is 35.6. The van der Waals surface area contributed by atoms with Crippen LogP contribution in [0.5, 0.6) is 0 Å². The van der Waals surface area contributed by atoms with Gasteiger partial charge in [-0.15, -0.1) is 0 Å². The van der Waals surface area contributed by atoms with Crippen molar-refractivity contribution in [1.29, 1.82) is 0 Å². The van der Waals surface area contributed by atoms with Gasteiger partial charge in [-0.05, 0) is 19.3 Å². The molecule has 0 bridgehead atoms. The monoisotopic (exact) mass is 216 g/mol. The van der Waals surface area contributed by atoms with Gasteiger partial charge < -0.3 is 4.74 Å². The number of ether oxygens (including phenoxy) is 1. The van der Waals surface area contributed by atoms with Crippen LogP contribution in [0.4, 0.5) is 0 Å². The fourth-order valence-electron chi connectivity index (χ4n) is 0.707. The third kappa shape index (κ3) is 2.69. The van der Waals surface area contributed by atoms with Gasteiger partial charge >= 0.3 is 5.97 Å². The van der Waals surface area contributed by atoms with Gasteiger partial charge in [0.15, 0.2) is 0 Å². The van der Waals surface area contributed by atoms with Crippen molar-refractivity contribution in [2.24, 2.45) is 0 Å². The summed E-state index contributed by atoms with van der Waals surface area (Å²) in [5, 5.41) is 0. The molecule has 0 amide bonds. The van der Waals surface area contributed by atoms with Gasteiger partial charge in [0.1, 0.15) is 6.10 Å². The average Bonchev–Trinajstić information content (AvgIpc) is 1.75. The van der Waals surface area contributed by atoms with Crippen molar-refractivity contribution in [3.05, 3.63) is 0 Å². The van der Waals surface area contributed by atoms with Crippen LogP contribution in [-0.4, -0.2) is 15.9 Å².